The van der Waals surface area contributed by atoms with Gasteiger partial charge < -0.3 is 15.2 Å². The van der Waals surface area contributed by atoms with E-state index in [1.807, 2.05) is 37.3 Å². The molecule has 1 aromatic carbocycles. The number of hydrogen-bond donors (Lipinski definition) is 1. The highest BCUT2D eigenvalue weighted by Gasteiger charge is 2.31. The molecule has 0 radical (unpaired) electrons. The number of benzene rings is 1. The van der Waals surface area contributed by atoms with Crippen LogP contribution in [0.5, 0.6) is 5.75 Å². The number of carbonyl (C=O) groups excluding carboxylic acids is 1. The zero-order valence-corrected chi connectivity index (χ0v) is 16.9. The van der Waals surface area contributed by atoms with Crippen molar-refractivity contribution in [2.75, 3.05) is 0 Å². The van der Waals surface area contributed by atoms with Gasteiger partial charge in [0, 0.05) is 0 Å². The molecule has 0 bridgehead atoms. The molecule has 0 heterocycles. The van der Waals surface area contributed by atoms with Crippen LogP contribution in [-0.2, 0) is 9.53 Å². The van der Waals surface area contributed by atoms with E-state index in [1.165, 1.54) is 0 Å². The molecule has 0 unspecified atom stereocenters. The molecule has 25 heavy (non-hydrogen) atoms. The second kappa shape index (κ2) is 12.2. The van der Waals surface area contributed by atoms with Crippen molar-refractivity contribution < 1.29 is 14.3 Å². The second-order valence-corrected chi connectivity index (χ2v) is 6.97. The third kappa shape index (κ3) is 8.59. The largest absolute Gasteiger partial charge is 0.486 e. The summed E-state index contributed by atoms with van der Waals surface area (Å²) in [6, 6.07) is 9.09. The lowest BCUT2D eigenvalue weighted by molar-refractivity contribution is -0.155. The lowest BCUT2D eigenvalue weighted by atomic mass is 9.88. The minimum atomic E-state index is -0.624. The van der Waals surface area contributed by atoms with Gasteiger partial charge in [0.1, 0.15) is 24.0 Å². The average Bonchev–Trinajstić information content (AvgIpc) is 2.54. The predicted molar refractivity (Wildman–Crippen MR) is 105 cm³/mol. The topological polar surface area (TPSA) is 61.5 Å². The maximum Gasteiger partial charge on any atom is 0.323 e. The van der Waals surface area contributed by atoms with Crippen LogP contribution in [0.1, 0.15) is 53.9 Å². The standard InChI is InChI=1S/C20H33NO3.ClH/c1-6-17(13-12-14(2)3)19(16(5)23-20(22)15(4)21)24-18-10-8-7-9-11-18;/h7-11,14-17,19H,6,12-13,21H2,1-5H3;1H/t15-,16-,17-,19+;/m0./s1. The number of para-hydroxylation sites is 1. The number of rotatable bonds is 10. The molecule has 4 nitrogen and oxygen atoms in total. The van der Waals surface area contributed by atoms with Gasteiger partial charge in [0.05, 0.1) is 0 Å². The number of hydrogen-bond acceptors (Lipinski definition) is 4. The molecule has 5 heteroatoms. The quantitative estimate of drug-likeness (QED) is 0.610. The van der Waals surface area contributed by atoms with Crippen LogP contribution in [0.4, 0.5) is 0 Å². The second-order valence-electron chi connectivity index (χ2n) is 6.97. The van der Waals surface area contributed by atoms with Crippen LogP contribution in [0.2, 0.25) is 0 Å². The van der Waals surface area contributed by atoms with E-state index in [1.54, 1.807) is 6.92 Å². The van der Waals surface area contributed by atoms with Crippen LogP contribution in [0.3, 0.4) is 0 Å². The summed E-state index contributed by atoms with van der Waals surface area (Å²) >= 11 is 0. The summed E-state index contributed by atoms with van der Waals surface area (Å²) in [5.41, 5.74) is 5.63. The van der Waals surface area contributed by atoms with Crippen molar-refractivity contribution in [3.63, 3.8) is 0 Å². The molecular formula is C20H34ClNO3. The number of nitrogens with two attached hydrogens (primary N) is 1. The normalized spacial score (nSPS) is 15.6. The first kappa shape index (κ1) is 23.7. The van der Waals surface area contributed by atoms with E-state index in [-0.39, 0.29) is 30.6 Å². The van der Waals surface area contributed by atoms with Crippen LogP contribution < -0.4 is 10.5 Å². The van der Waals surface area contributed by atoms with Crippen molar-refractivity contribution in [2.45, 2.75) is 72.1 Å². The zero-order valence-electron chi connectivity index (χ0n) is 16.1. The molecule has 1 aromatic rings. The van der Waals surface area contributed by atoms with Gasteiger partial charge in [-0.05, 0) is 50.7 Å². The van der Waals surface area contributed by atoms with E-state index in [0.717, 1.165) is 25.0 Å². The van der Waals surface area contributed by atoms with Gasteiger partial charge in [-0.2, -0.15) is 0 Å². The smallest absolute Gasteiger partial charge is 0.323 e. The molecule has 0 fully saturated rings. The van der Waals surface area contributed by atoms with Gasteiger partial charge in [-0.15, -0.1) is 12.4 Å². The summed E-state index contributed by atoms with van der Waals surface area (Å²) < 4.78 is 11.8. The molecule has 0 saturated carbocycles. The number of carbonyl (C=O) groups is 1. The molecule has 0 saturated heterocycles. The maximum absolute atomic E-state index is 11.9. The predicted octanol–water partition coefficient (Wildman–Crippen LogP) is 4.60. The van der Waals surface area contributed by atoms with Crippen LogP contribution in [0, 0.1) is 11.8 Å². The minimum absolute atomic E-state index is 0. The minimum Gasteiger partial charge on any atom is -0.486 e. The fourth-order valence-electron chi connectivity index (χ4n) is 2.74. The number of ether oxygens (including phenoxy) is 2. The van der Waals surface area contributed by atoms with E-state index in [9.17, 15) is 4.79 Å². The fraction of sp³-hybridized carbons (Fsp3) is 0.650. The highest BCUT2D eigenvalue weighted by atomic mass is 35.5. The molecular weight excluding hydrogens is 338 g/mol. The Bertz CT molecular complexity index is 479. The van der Waals surface area contributed by atoms with Gasteiger partial charge in [0.15, 0.2) is 0 Å². The first-order chi connectivity index (χ1) is 11.3. The first-order valence-corrected chi connectivity index (χ1v) is 9.02. The van der Waals surface area contributed by atoms with Crippen molar-refractivity contribution in [2.24, 2.45) is 17.6 Å². The Morgan fingerprint density at radius 2 is 1.68 bits per heavy atom. The van der Waals surface area contributed by atoms with E-state index >= 15 is 0 Å². The van der Waals surface area contributed by atoms with E-state index in [2.05, 4.69) is 20.8 Å². The molecule has 144 valence electrons. The molecule has 0 aliphatic heterocycles. The maximum atomic E-state index is 11.9. The highest BCUT2D eigenvalue weighted by molar-refractivity contribution is 5.85. The van der Waals surface area contributed by atoms with Gasteiger partial charge in [-0.3, -0.25) is 4.79 Å². The number of halogens is 1. The van der Waals surface area contributed by atoms with Crippen molar-refractivity contribution in [3.05, 3.63) is 30.3 Å². The van der Waals surface area contributed by atoms with Crippen LogP contribution in [0.15, 0.2) is 30.3 Å². The zero-order chi connectivity index (χ0) is 18.1. The summed E-state index contributed by atoms with van der Waals surface area (Å²) in [6.07, 6.45) is 2.62. The number of esters is 1. The van der Waals surface area contributed by atoms with Gasteiger partial charge in [-0.1, -0.05) is 45.4 Å². The van der Waals surface area contributed by atoms with Crippen molar-refractivity contribution in [3.8, 4) is 5.75 Å². The Balaban J connectivity index is 0.00000576. The van der Waals surface area contributed by atoms with Gasteiger partial charge in [-0.25, -0.2) is 0 Å². The molecule has 0 spiro atoms. The van der Waals surface area contributed by atoms with Crippen molar-refractivity contribution in [1.82, 2.24) is 0 Å². The van der Waals surface area contributed by atoms with Crippen LogP contribution >= 0.6 is 12.4 Å². The Morgan fingerprint density at radius 1 is 1.08 bits per heavy atom. The molecule has 0 aromatic heterocycles. The Hall–Kier alpha value is -1.26. The molecule has 2 N–H and O–H groups in total. The van der Waals surface area contributed by atoms with Crippen LogP contribution in [0.25, 0.3) is 0 Å². The van der Waals surface area contributed by atoms with Crippen molar-refractivity contribution in [1.29, 1.82) is 0 Å². The SMILES string of the molecule is CC[C@@H](CCC(C)C)[C@H](Oc1ccccc1)[C@H](C)OC(=O)[C@H](C)N.Cl. The van der Waals surface area contributed by atoms with Crippen LogP contribution in [-0.4, -0.2) is 24.2 Å². The molecule has 0 aliphatic carbocycles. The summed E-state index contributed by atoms with van der Waals surface area (Å²) in [7, 11) is 0. The van der Waals surface area contributed by atoms with E-state index in [0.29, 0.717) is 11.8 Å². The molecule has 1 rings (SSSR count). The lowest BCUT2D eigenvalue weighted by Gasteiger charge is -2.32. The Labute approximate surface area is 158 Å². The third-order valence-electron chi connectivity index (χ3n) is 4.26. The highest BCUT2D eigenvalue weighted by Crippen LogP contribution is 2.27. The van der Waals surface area contributed by atoms with Gasteiger partial charge >= 0.3 is 5.97 Å². The van der Waals surface area contributed by atoms with E-state index in [4.69, 9.17) is 15.2 Å². The van der Waals surface area contributed by atoms with Gasteiger partial charge in [0.2, 0.25) is 0 Å². The summed E-state index contributed by atoms with van der Waals surface area (Å²) in [6.45, 7) is 10.1. The average molecular weight is 372 g/mol. The summed E-state index contributed by atoms with van der Waals surface area (Å²) in [4.78, 5) is 11.9. The van der Waals surface area contributed by atoms with E-state index < -0.39 is 6.04 Å². The van der Waals surface area contributed by atoms with Crippen molar-refractivity contribution >= 4 is 18.4 Å². The monoisotopic (exact) mass is 371 g/mol. The molecule has 0 amide bonds. The lowest BCUT2D eigenvalue weighted by Crippen LogP contribution is -2.42. The summed E-state index contributed by atoms with van der Waals surface area (Å²) in [5.74, 6) is 1.37. The molecule has 4 atom stereocenters. The fourth-order valence-corrected chi connectivity index (χ4v) is 2.74. The Kier molecular flexibility index (Phi) is 11.5. The molecule has 0 aliphatic rings. The van der Waals surface area contributed by atoms with Gasteiger partial charge in [0.25, 0.3) is 0 Å². The Morgan fingerprint density at radius 3 is 2.16 bits per heavy atom. The summed E-state index contributed by atoms with van der Waals surface area (Å²) in [5, 5.41) is 0. The first-order valence-electron chi connectivity index (χ1n) is 9.02. The third-order valence-corrected chi connectivity index (χ3v) is 4.26.